The molecule has 0 aromatic heterocycles. The van der Waals surface area contributed by atoms with Crippen LogP contribution in [0.3, 0.4) is 0 Å². The number of carbonyl (C=O) groups excluding carboxylic acids is 2. The normalized spacial score (nSPS) is 10.6. The van der Waals surface area contributed by atoms with E-state index in [0.29, 0.717) is 6.42 Å². The number of rotatable bonds is 5. The first-order valence-corrected chi connectivity index (χ1v) is 7.05. The second kappa shape index (κ2) is 6.47. The van der Waals surface area contributed by atoms with Crippen molar-refractivity contribution in [2.75, 3.05) is 6.61 Å². The van der Waals surface area contributed by atoms with Gasteiger partial charge in [-0.05, 0) is 18.6 Å². The van der Waals surface area contributed by atoms with Gasteiger partial charge in [0.05, 0.1) is 17.2 Å². The Morgan fingerprint density at radius 1 is 1.47 bits per heavy atom. The van der Waals surface area contributed by atoms with Crippen LogP contribution >= 0.6 is 11.6 Å². The smallest absolute Gasteiger partial charge is 0.339 e. The number of ether oxygens (including phenoxy) is 1. The van der Waals surface area contributed by atoms with Crippen LogP contribution in [0.2, 0.25) is 5.02 Å². The Morgan fingerprint density at radius 3 is 2.74 bits per heavy atom. The summed E-state index contributed by atoms with van der Waals surface area (Å²) in [5.74, 6) is -0.843. The Kier molecular flexibility index (Phi) is 5.23. The van der Waals surface area contributed by atoms with Gasteiger partial charge in [0.25, 0.3) is 16.1 Å². The number of esters is 1. The SMILES string of the molecule is CCCOC(=O)c1cccc(Cl)c1S(=O)(=O)N=C=O. The maximum atomic E-state index is 11.7. The van der Waals surface area contributed by atoms with Crippen molar-refractivity contribution in [2.24, 2.45) is 4.40 Å². The van der Waals surface area contributed by atoms with E-state index >= 15 is 0 Å². The summed E-state index contributed by atoms with van der Waals surface area (Å²) in [5.41, 5.74) is -0.264. The molecule has 0 radical (unpaired) electrons. The second-order valence-corrected chi connectivity index (χ2v) is 5.36. The largest absolute Gasteiger partial charge is 0.462 e. The van der Waals surface area contributed by atoms with Crippen LogP contribution in [0.25, 0.3) is 0 Å². The summed E-state index contributed by atoms with van der Waals surface area (Å²) in [6, 6.07) is 3.90. The number of benzene rings is 1. The van der Waals surface area contributed by atoms with Gasteiger partial charge in [-0.1, -0.05) is 29.0 Å². The fraction of sp³-hybridized carbons (Fsp3) is 0.273. The van der Waals surface area contributed by atoms with Gasteiger partial charge in [0, 0.05) is 0 Å². The van der Waals surface area contributed by atoms with E-state index in [1.54, 1.807) is 6.92 Å². The molecular formula is C11H10ClNO5S. The zero-order chi connectivity index (χ0) is 14.5. The van der Waals surface area contributed by atoms with Gasteiger partial charge < -0.3 is 4.74 Å². The number of hydrogen-bond donors (Lipinski definition) is 0. The van der Waals surface area contributed by atoms with Crippen molar-refractivity contribution in [3.05, 3.63) is 28.8 Å². The predicted molar refractivity (Wildman–Crippen MR) is 67.3 cm³/mol. The highest BCUT2D eigenvalue weighted by Crippen LogP contribution is 2.27. The molecule has 8 heteroatoms. The molecule has 0 saturated heterocycles. The van der Waals surface area contributed by atoms with Gasteiger partial charge >= 0.3 is 5.97 Å². The molecule has 0 heterocycles. The fourth-order valence-electron chi connectivity index (χ4n) is 1.30. The lowest BCUT2D eigenvalue weighted by Gasteiger charge is -2.08. The third-order valence-corrected chi connectivity index (χ3v) is 3.74. The van der Waals surface area contributed by atoms with Crippen molar-refractivity contribution < 1.29 is 22.7 Å². The topological polar surface area (TPSA) is 89.9 Å². The van der Waals surface area contributed by atoms with Gasteiger partial charge in [-0.15, -0.1) is 0 Å². The Hall–Kier alpha value is -1.69. The number of halogens is 1. The minimum atomic E-state index is -4.37. The van der Waals surface area contributed by atoms with Gasteiger partial charge in [0.15, 0.2) is 0 Å². The average Bonchev–Trinajstić information content (AvgIpc) is 2.35. The molecule has 1 aromatic carbocycles. The van der Waals surface area contributed by atoms with Crippen LogP contribution in [0.15, 0.2) is 27.5 Å². The summed E-state index contributed by atoms with van der Waals surface area (Å²) < 4.78 is 31.0. The molecule has 0 N–H and O–H groups in total. The first-order chi connectivity index (χ1) is 8.94. The molecular weight excluding hydrogens is 294 g/mol. The number of carbonyl (C=O) groups is 1. The van der Waals surface area contributed by atoms with Gasteiger partial charge in [0.1, 0.15) is 4.90 Å². The molecule has 0 amide bonds. The molecule has 0 aliphatic rings. The van der Waals surface area contributed by atoms with E-state index in [4.69, 9.17) is 16.3 Å². The van der Waals surface area contributed by atoms with Crippen LogP contribution in [0, 0.1) is 0 Å². The standard InChI is InChI=1S/C11H10ClNO5S/c1-2-6-18-11(15)8-4-3-5-9(12)10(8)19(16,17)13-7-14/h3-5H,2,6H2,1H3. The molecule has 6 nitrogen and oxygen atoms in total. The van der Waals surface area contributed by atoms with E-state index in [-0.39, 0.29) is 17.2 Å². The van der Waals surface area contributed by atoms with Gasteiger partial charge in [0.2, 0.25) is 0 Å². The summed E-state index contributed by atoms with van der Waals surface area (Å²) in [6.07, 6.45) is 1.50. The van der Waals surface area contributed by atoms with E-state index in [1.165, 1.54) is 18.2 Å². The molecule has 0 atom stereocenters. The zero-order valence-corrected chi connectivity index (χ0v) is 11.5. The molecule has 0 spiro atoms. The van der Waals surface area contributed by atoms with E-state index in [1.807, 2.05) is 0 Å². The van der Waals surface area contributed by atoms with Crippen LogP contribution in [-0.4, -0.2) is 27.1 Å². The minimum absolute atomic E-state index is 0.141. The third kappa shape index (κ3) is 3.64. The molecule has 0 bridgehead atoms. The van der Waals surface area contributed by atoms with Crippen LogP contribution < -0.4 is 0 Å². The maximum Gasteiger partial charge on any atom is 0.339 e. The van der Waals surface area contributed by atoms with E-state index < -0.39 is 20.9 Å². The van der Waals surface area contributed by atoms with Crippen molar-refractivity contribution in [3.63, 3.8) is 0 Å². The highest BCUT2D eigenvalue weighted by atomic mass is 35.5. The fourth-order valence-corrected chi connectivity index (χ4v) is 2.70. The summed E-state index contributed by atoms with van der Waals surface area (Å²) in [4.78, 5) is 21.3. The van der Waals surface area contributed by atoms with E-state index in [9.17, 15) is 18.0 Å². The number of nitrogens with zero attached hydrogens (tertiary/aromatic N) is 1. The first kappa shape index (κ1) is 15.4. The summed E-state index contributed by atoms with van der Waals surface area (Å²) >= 11 is 5.75. The molecule has 19 heavy (non-hydrogen) atoms. The lowest BCUT2D eigenvalue weighted by atomic mass is 10.2. The van der Waals surface area contributed by atoms with Gasteiger partial charge in [-0.3, -0.25) is 0 Å². The monoisotopic (exact) mass is 303 g/mol. The van der Waals surface area contributed by atoms with Crippen molar-refractivity contribution in [1.29, 1.82) is 0 Å². The Morgan fingerprint density at radius 2 is 2.16 bits per heavy atom. The molecule has 0 aliphatic heterocycles. The lowest BCUT2D eigenvalue weighted by molar-refractivity contribution is 0.0500. The van der Waals surface area contributed by atoms with Crippen molar-refractivity contribution >= 4 is 33.7 Å². The van der Waals surface area contributed by atoms with E-state index in [0.717, 1.165) is 6.08 Å². The maximum absolute atomic E-state index is 11.7. The average molecular weight is 304 g/mol. The Balaban J connectivity index is 3.39. The zero-order valence-electron chi connectivity index (χ0n) is 9.92. The molecule has 1 rings (SSSR count). The van der Waals surface area contributed by atoms with Crippen molar-refractivity contribution in [2.45, 2.75) is 18.2 Å². The molecule has 102 valence electrons. The predicted octanol–water partition coefficient (Wildman–Crippen LogP) is 1.93. The molecule has 0 saturated carbocycles. The Labute approximate surface area is 115 Å². The van der Waals surface area contributed by atoms with Crippen molar-refractivity contribution in [1.82, 2.24) is 0 Å². The van der Waals surface area contributed by atoms with Crippen LogP contribution in [0.1, 0.15) is 23.7 Å². The van der Waals surface area contributed by atoms with Crippen LogP contribution in [-0.2, 0) is 19.6 Å². The molecule has 1 aromatic rings. The highest BCUT2D eigenvalue weighted by molar-refractivity contribution is 7.90. The van der Waals surface area contributed by atoms with Gasteiger partial charge in [-0.2, -0.15) is 8.42 Å². The first-order valence-electron chi connectivity index (χ1n) is 5.23. The third-order valence-electron chi connectivity index (χ3n) is 2.04. The number of sulfonamides is 1. The highest BCUT2D eigenvalue weighted by Gasteiger charge is 2.26. The second-order valence-electron chi connectivity index (χ2n) is 3.41. The van der Waals surface area contributed by atoms with Crippen molar-refractivity contribution in [3.8, 4) is 0 Å². The summed E-state index contributed by atoms with van der Waals surface area (Å²) in [7, 11) is -4.37. The molecule has 0 fully saturated rings. The lowest BCUT2D eigenvalue weighted by Crippen LogP contribution is -2.12. The quantitative estimate of drug-likeness (QED) is 0.471. The number of isocyanates is 1. The number of hydrogen-bond acceptors (Lipinski definition) is 5. The molecule has 0 unspecified atom stereocenters. The van der Waals surface area contributed by atoms with Gasteiger partial charge in [-0.25, -0.2) is 9.59 Å². The van der Waals surface area contributed by atoms with Crippen LogP contribution in [0.5, 0.6) is 0 Å². The van der Waals surface area contributed by atoms with E-state index in [2.05, 4.69) is 4.40 Å². The molecule has 0 aliphatic carbocycles. The minimum Gasteiger partial charge on any atom is -0.462 e. The summed E-state index contributed by atoms with van der Waals surface area (Å²) in [5, 5.41) is -0.218. The van der Waals surface area contributed by atoms with Crippen LogP contribution in [0.4, 0.5) is 0 Å². The summed E-state index contributed by atoms with van der Waals surface area (Å²) in [6.45, 7) is 1.93. The Bertz CT molecular complexity index is 634.